The zero-order valence-corrected chi connectivity index (χ0v) is 19.6. The van der Waals surface area contributed by atoms with Crippen molar-refractivity contribution in [3.8, 4) is 11.5 Å². The van der Waals surface area contributed by atoms with Gasteiger partial charge in [-0.15, -0.1) is 0 Å². The topological polar surface area (TPSA) is 111 Å². The van der Waals surface area contributed by atoms with Crippen LogP contribution in [0.1, 0.15) is 15.9 Å². The summed E-state index contributed by atoms with van der Waals surface area (Å²) < 4.78 is 16.4. The van der Waals surface area contributed by atoms with E-state index in [1.54, 1.807) is 37.8 Å². The van der Waals surface area contributed by atoms with E-state index in [9.17, 15) is 4.79 Å². The number of pyridine rings is 1. The Hall–Kier alpha value is -3.63. The highest BCUT2D eigenvalue weighted by molar-refractivity contribution is 6.33. The molecule has 1 saturated heterocycles. The number of halogens is 1. The van der Waals surface area contributed by atoms with E-state index in [1.807, 2.05) is 12.1 Å². The smallest absolute Gasteiger partial charge is 0.251 e. The summed E-state index contributed by atoms with van der Waals surface area (Å²) in [5, 5.41) is 6.08. The second kappa shape index (κ2) is 11.0. The molecule has 1 aromatic carbocycles. The van der Waals surface area contributed by atoms with Gasteiger partial charge in [0.05, 0.1) is 49.6 Å². The van der Waals surface area contributed by atoms with Crippen molar-refractivity contribution in [1.29, 1.82) is 0 Å². The van der Waals surface area contributed by atoms with Crippen molar-refractivity contribution >= 4 is 35.0 Å². The van der Waals surface area contributed by atoms with E-state index in [2.05, 4.69) is 30.5 Å². The number of nitrogens with one attached hydrogen (secondary N) is 2. The molecular weight excluding hydrogens is 460 g/mol. The van der Waals surface area contributed by atoms with Gasteiger partial charge >= 0.3 is 0 Å². The molecule has 34 heavy (non-hydrogen) atoms. The minimum Gasteiger partial charge on any atom is -0.495 e. The number of rotatable bonds is 8. The number of morpholine rings is 1. The highest BCUT2D eigenvalue weighted by Crippen LogP contribution is 2.31. The number of carbonyl (C=O) groups excluding carboxylic acids is 1. The number of aromatic nitrogens is 3. The molecule has 2 aromatic heterocycles. The fourth-order valence-electron chi connectivity index (χ4n) is 3.37. The highest BCUT2D eigenvalue weighted by atomic mass is 35.5. The SMILES string of the molecule is CNC(=O)c1cc(COc2cnc(Nc3ccc(N4CCOCC4)nc3)nc2)c(Cl)c(OC)c1. The maximum Gasteiger partial charge on any atom is 0.251 e. The molecule has 3 aromatic rings. The molecule has 0 spiro atoms. The van der Waals surface area contributed by atoms with Gasteiger partial charge in [-0.25, -0.2) is 15.0 Å². The van der Waals surface area contributed by atoms with Crippen LogP contribution in [0, 0.1) is 0 Å². The summed E-state index contributed by atoms with van der Waals surface area (Å²) in [7, 11) is 3.05. The van der Waals surface area contributed by atoms with Gasteiger partial charge in [-0.2, -0.15) is 0 Å². The molecule has 0 saturated carbocycles. The van der Waals surface area contributed by atoms with Gasteiger partial charge in [0.25, 0.3) is 5.91 Å². The molecule has 0 unspecified atom stereocenters. The Morgan fingerprint density at radius 3 is 2.56 bits per heavy atom. The zero-order chi connectivity index (χ0) is 23.9. The third-order valence-corrected chi connectivity index (χ3v) is 5.61. The predicted molar refractivity (Wildman–Crippen MR) is 128 cm³/mol. The van der Waals surface area contributed by atoms with Crippen LogP contribution in [-0.2, 0) is 11.3 Å². The first-order chi connectivity index (χ1) is 16.6. The molecule has 0 radical (unpaired) electrons. The molecule has 0 bridgehead atoms. The molecule has 3 heterocycles. The highest BCUT2D eigenvalue weighted by Gasteiger charge is 2.15. The third kappa shape index (κ3) is 5.64. The predicted octanol–water partition coefficient (Wildman–Crippen LogP) is 3.05. The fraction of sp³-hybridized carbons (Fsp3) is 0.304. The first kappa shape index (κ1) is 23.5. The lowest BCUT2D eigenvalue weighted by Gasteiger charge is -2.27. The Labute approximate surface area is 202 Å². The van der Waals surface area contributed by atoms with Crippen LogP contribution >= 0.6 is 11.6 Å². The molecular formula is C23H25ClN6O4. The molecule has 4 rings (SSSR count). The first-order valence-corrected chi connectivity index (χ1v) is 11.0. The minimum atomic E-state index is -0.248. The summed E-state index contributed by atoms with van der Waals surface area (Å²) in [6, 6.07) is 7.13. The van der Waals surface area contributed by atoms with E-state index in [-0.39, 0.29) is 12.5 Å². The average molecular weight is 485 g/mol. The van der Waals surface area contributed by atoms with Crippen LogP contribution in [0.25, 0.3) is 0 Å². The lowest BCUT2D eigenvalue weighted by Crippen LogP contribution is -2.36. The largest absolute Gasteiger partial charge is 0.495 e. The summed E-state index contributed by atoms with van der Waals surface area (Å²) in [6.45, 7) is 3.20. The number of hydrogen-bond donors (Lipinski definition) is 2. The van der Waals surface area contributed by atoms with Crippen LogP contribution in [0.5, 0.6) is 11.5 Å². The van der Waals surface area contributed by atoms with Crippen molar-refractivity contribution < 1.29 is 19.0 Å². The molecule has 2 N–H and O–H groups in total. The average Bonchev–Trinajstić information content (AvgIpc) is 2.89. The summed E-state index contributed by atoms with van der Waals surface area (Å²) in [5.41, 5.74) is 1.80. The number of carbonyl (C=O) groups is 1. The van der Waals surface area contributed by atoms with Crippen molar-refractivity contribution in [1.82, 2.24) is 20.3 Å². The summed E-state index contributed by atoms with van der Waals surface area (Å²) in [6.07, 6.45) is 4.85. The molecule has 10 nitrogen and oxygen atoms in total. The number of methoxy groups -OCH3 is 1. The first-order valence-electron chi connectivity index (χ1n) is 10.7. The minimum absolute atomic E-state index is 0.114. The van der Waals surface area contributed by atoms with Gasteiger partial charge in [0.1, 0.15) is 18.2 Å². The molecule has 0 aliphatic carbocycles. The number of amides is 1. The van der Waals surface area contributed by atoms with Crippen molar-refractivity contribution in [3.63, 3.8) is 0 Å². The van der Waals surface area contributed by atoms with E-state index in [1.165, 1.54) is 7.11 Å². The van der Waals surface area contributed by atoms with Crippen molar-refractivity contribution in [2.75, 3.05) is 50.7 Å². The van der Waals surface area contributed by atoms with Gasteiger partial charge in [0, 0.05) is 31.3 Å². The Morgan fingerprint density at radius 2 is 1.91 bits per heavy atom. The van der Waals surface area contributed by atoms with Gasteiger partial charge in [0.2, 0.25) is 5.95 Å². The number of hydrogen-bond acceptors (Lipinski definition) is 9. The lowest BCUT2D eigenvalue weighted by atomic mass is 10.1. The molecule has 1 aliphatic heterocycles. The molecule has 0 atom stereocenters. The molecule has 178 valence electrons. The monoisotopic (exact) mass is 484 g/mol. The van der Waals surface area contributed by atoms with Crippen LogP contribution < -0.4 is 25.0 Å². The maximum absolute atomic E-state index is 12.0. The second-order valence-electron chi connectivity index (χ2n) is 7.39. The molecule has 1 aliphatic rings. The van der Waals surface area contributed by atoms with Crippen molar-refractivity contribution in [2.24, 2.45) is 0 Å². The van der Waals surface area contributed by atoms with Gasteiger partial charge in [-0.05, 0) is 24.3 Å². The summed E-state index contributed by atoms with van der Waals surface area (Å²) >= 11 is 6.38. The van der Waals surface area contributed by atoms with Gasteiger partial charge in [-0.1, -0.05) is 11.6 Å². The van der Waals surface area contributed by atoms with Gasteiger partial charge < -0.3 is 29.7 Å². The number of benzene rings is 1. The number of ether oxygens (including phenoxy) is 3. The fourth-order valence-corrected chi connectivity index (χ4v) is 3.61. The number of nitrogens with zero attached hydrogens (tertiary/aromatic N) is 4. The third-order valence-electron chi connectivity index (χ3n) is 5.19. The van der Waals surface area contributed by atoms with E-state index >= 15 is 0 Å². The molecule has 1 amide bonds. The van der Waals surface area contributed by atoms with Crippen LogP contribution in [-0.4, -0.2) is 61.3 Å². The lowest BCUT2D eigenvalue weighted by molar-refractivity contribution is 0.0962. The summed E-state index contributed by atoms with van der Waals surface area (Å²) in [4.78, 5) is 27.3. The maximum atomic E-state index is 12.0. The standard InChI is InChI=1S/C23H25ClN6O4/c1-25-22(31)15-9-16(21(24)19(10-15)32-2)14-34-18-12-27-23(28-13-18)29-17-3-4-20(26-11-17)30-5-7-33-8-6-30/h3-4,9-13H,5-8,14H2,1-2H3,(H,25,31)(H,27,28,29). The second-order valence-corrected chi connectivity index (χ2v) is 7.77. The van der Waals surface area contributed by atoms with Crippen LogP contribution in [0.2, 0.25) is 5.02 Å². The van der Waals surface area contributed by atoms with Gasteiger partial charge in [-0.3, -0.25) is 4.79 Å². The van der Waals surface area contributed by atoms with Crippen molar-refractivity contribution in [2.45, 2.75) is 6.61 Å². The van der Waals surface area contributed by atoms with E-state index in [0.29, 0.717) is 46.8 Å². The van der Waals surface area contributed by atoms with E-state index < -0.39 is 0 Å². The number of anilines is 3. The zero-order valence-electron chi connectivity index (χ0n) is 18.9. The molecule has 1 fully saturated rings. The van der Waals surface area contributed by atoms with E-state index in [0.717, 1.165) is 24.6 Å². The Morgan fingerprint density at radius 1 is 1.15 bits per heavy atom. The van der Waals surface area contributed by atoms with Crippen molar-refractivity contribution in [3.05, 3.63) is 59.0 Å². The Balaban J connectivity index is 1.37. The van der Waals surface area contributed by atoms with Crippen LogP contribution in [0.4, 0.5) is 17.5 Å². The van der Waals surface area contributed by atoms with E-state index in [4.69, 9.17) is 25.8 Å². The normalized spacial score (nSPS) is 13.3. The Bertz CT molecular complexity index is 1120. The van der Waals surface area contributed by atoms with Crippen LogP contribution in [0.15, 0.2) is 42.9 Å². The summed E-state index contributed by atoms with van der Waals surface area (Å²) in [5.74, 6) is 1.92. The Kier molecular flexibility index (Phi) is 7.61. The van der Waals surface area contributed by atoms with Crippen LogP contribution in [0.3, 0.4) is 0 Å². The quantitative estimate of drug-likeness (QED) is 0.498. The molecule has 11 heteroatoms. The van der Waals surface area contributed by atoms with Gasteiger partial charge in [0.15, 0.2) is 5.75 Å².